The number of aryl methyl sites for hydroxylation is 1. The molecule has 0 aliphatic carbocycles. The molecule has 1 N–H and O–H groups in total. The van der Waals surface area contributed by atoms with Gasteiger partial charge in [0.1, 0.15) is 6.26 Å². The van der Waals surface area contributed by atoms with E-state index in [1.807, 2.05) is 6.92 Å². The van der Waals surface area contributed by atoms with Crippen molar-refractivity contribution in [1.29, 1.82) is 0 Å². The molecule has 2 amide bonds. The van der Waals surface area contributed by atoms with Gasteiger partial charge in [0, 0.05) is 43.0 Å². The van der Waals surface area contributed by atoms with E-state index in [9.17, 15) is 13.8 Å². The maximum absolute atomic E-state index is 13.2. The van der Waals surface area contributed by atoms with Crippen molar-refractivity contribution in [2.24, 2.45) is 4.36 Å². The Balaban J connectivity index is 1.35. The van der Waals surface area contributed by atoms with E-state index in [0.29, 0.717) is 43.8 Å². The van der Waals surface area contributed by atoms with Crippen LogP contribution >= 0.6 is 0 Å². The first kappa shape index (κ1) is 21.7. The van der Waals surface area contributed by atoms with Crippen molar-refractivity contribution in [2.45, 2.75) is 57.2 Å². The van der Waals surface area contributed by atoms with Gasteiger partial charge < -0.3 is 14.6 Å². The number of carbonyl (C=O) groups excluding carboxylic acids is 2. The Morgan fingerprint density at radius 1 is 1.39 bits per heavy atom. The Kier molecular flexibility index (Phi) is 6.24. The van der Waals surface area contributed by atoms with E-state index in [1.54, 1.807) is 17.1 Å². The first-order valence-corrected chi connectivity index (χ1v) is 12.4. The van der Waals surface area contributed by atoms with E-state index in [4.69, 9.17) is 9.26 Å². The zero-order valence-electron chi connectivity index (χ0n) is 17.5. The van der Waals surface area contributed by atoms with Gasteiger partial charge in [0.25, 0.3) is 11.8 Å². The van der Waals surface area contributed by atoms with Gasteiger partial charge in [-0.25, -0.2) is 4.21 Å². The predicted octanol–water partition coefficient (Wildman–Crippen LogP) is 1.57. The predicted molar refractivity (Wildman–Crippen MR) is 112 cm³/mol. The summed E-state index contributed by atoms with van der Waals surface area (Å²) in [5.41, 5.74) is 0.572. The smallest absolute Gasteiger partial charge is 0.273 e. The minimum Gasteiger partial charge on any atom is -0.375 e. The van der Waals surface area contributed by atoms with E-state index in [-0.39, 0.29) is 30.0 Å². The van der Waals surface area contributed by atoms with Crippen LogP contribution in [0.5, 0.6) is 0 Å². The number of rotatable bonds is 5. The van der Waals surface area contributed by atoms with Crippen molar-refractivity contribution < 1.29 is 23.1 Å². The van der Waals surface area contributed by atoms with E-state index >= 15 is 0 Å². The molecule has 2 aromatic rings. The Morgan fingerprint density at radius 2 is 2.19 bits per heavy atom. The molecule has 4 heterocycles. The van der Waals surface area contributed by atoms with Crippen LogP contribution in [0.15, 0.2) is 33.6 Å². The minimum absolute atomic E-state index is 0.0548. The minimum atomic E-state index is -2.60. The molecule has 1 spiro atoms. The number of aromatic nitrogens is 3. The van der Waals surface area contributed by atoms with Crippen molar-refractivity contribution in [2.75, 3.05) is 18.1 Å². The zero-order chi connectivity index (χ0) is 21.9. The highest BCUT2D eigenvalue weighted by atomic mass is 32.2. The molecular weight excluding hydrogens is 422 g/mol. The largest absolute Gasteiger partial charge is 0.375 e. The molecule has 0 saturated carbocycles. The fourth-order valence-electron chi connectivity index (χ4n) is 4.16. The van der Waals surface area contributed by atoms with Gasteiger partial charge >= 0.3 is 0 Å². The van der Waals surface area contributed by atoms with Gasteiger partial charge in [0.05, 0.1) is 27.9 Å². The Labute approximate surface area is 180 Å². The highest BCUT2D eigenvalue weighted by Crippen LogP contribution is 2.36. The first-order chi connectivity index (χ1) is 14.9. The van der Waals surface area contributed by atoms with Gasteiger partial charge in [0.15, 0.2) is 5.69 Å². The van der Waals surface area contributed by atoms with Gasteiger partial charge in [0.2, 0.25) is 0 Å². The van der Waals surface area contributed by atoms with Crippen molar-refractivity contribution in [3.8, 4) is 0 Å². The molecule has 2 fully saturated rings. The molecule has 1 atom stereocenters. The van der Waals surface area contributed by atoms with Gasteiger partial charge in [-0.15, -0.1) is 0 Å². The molecule has 0 aromatic carbocycles. The lowest BCUT2D eigenvalue weighted by atomic mass is 9.85. The average molecular weight is 450 g/mol. The fourth-order valence-corrected chi connectivity index (χ4v) is 6.37. The van der Waals surface area contributed by atoms with Crippen LogP contribution in [0.25, 0.3) is 0 Å². The van der Waals surface area contributed by atoms with Gasteiger partial charge in [-0.1, -0.05) is 5.16 Å². The van der Waals surface area contributed by atoms with Crippen LogP contribution in [0.2, 0.25) is 0 Å². The van der Waals surface area contributed by atoms with Crippen LogP contribution < -0.4 is 5.32 Å². The normalized spacial score (nSPS) is 28.4. The van der Waals surface area contributed by atoms with Crippen molar-refractivity contribution in [3.63, 3.8) is 0 Å². The molecular formula is C20H27N5O5S. The third-order valence-corrected chi connectivity index (χ3v) is 8.11. The molecule has 2 aliphatic heterocycles. The molecule has 168 valence electrons. The maximum Gasteiger partial charge on any atom is 0.273 e. The van der Waals surface area contributed by atoms with Gasteiger partial charge in [-0.3, -0.25) is 14.3 Å². The van der Waals surface area contributed by atoms with Crippen molar-refractivity contribution >= 4 is 21.5 Å². The Morgan fingerprint density at radius 3 is 2.87 bits per heavy atom. The third kappa shape index (κ3) is 5.21. The maximum atomic E-state index is 13.2. The van der Waals surface area contributed by atoms with Crippen LogP contribution in [-0.2, 0) is 32.2 Å². The summed E-state index contributed by atoms with van der Waals surface area (Å²) in [6, 6.07) is 1.46. The first-order valence-electron chi connectivity index (χ1n) is 10.5. The standard InChI is InChI=1S/C20H27N5O5S/c1-2-25-14-15(13-21-25)11-18(26)24-31(28)9-5-20(6-10-31)12-16(3-7-29-20)22-19(27)17-4-8-30-23-17/h4,8,13-14,16H,2-3,5-7,9-12H2,1H3,(H,22,27). The third-order valence-electron chi connectivity index (χ3n) is 5.89. The SMILES string of the molecule is CCn1cc(CC(=O)N=S2(=O)CCC3(CC2)CC(NC(=O)c2ccon2)CCO3)cn1. The summed E-state index contributed by atoms with van der Waals surface area (Å²) >= 11 is 0. The van der Waals surface area contributed by atoms with Crippen molar-refractivity contribution in [3.05, 3.63) is 36.0 Å². The molecule has 2 aromatic heterocycles. The second-order valence-electron chi connectivity index (χ2n) is 8.13. The molecule has 10 nitrogen and oxygen atoms in total. The Hall–Kier alpha value is -2.53. The molecule has 2 aliphatic rings. The summed E-state index contributed by atoms with van der Waals surface area (Å²) in [6.07, 6.45) is 7.35. The number of nitrogens with one attached hydrogen (secondary N) is 1. The van der Waals surface area contributed by atoms with Crippen LogP contribution in [0.4, 0.5) is 0 Å². The quantitative estimate of drug-likeness (QED) is 0.733. The number of hydrogen-bond donors (Lipinski definition) is 1. The van der Waals surface area contributed by atoms with Crippen LogP contribution in [0.3, 0.4) is 0 Å². The molecule has 1 unspecified atom stereocenters. The highest BCUT2D eigenvalue weighted by molar-refractivity contribution is 7.93. The molecule has 31 heavy (non-hydrogen) atoms. The van der Waals surface area contributed by atoms with E-state index in [0.717, 1.165) is 12.1 Å². The fraction of sp³-hybridized carbons (Fsp3) is 0.600. The molecule has 2 saturated heterocycles. The second kappa shape index (κ2) is 8.91. The Bertz CT molecular complexity index is 1040. The van der Waals surface area contributed by atoms with Crippen LogP contribution in [-0.4, -0.2) is 60.7 Å². The number of hydrogen-bond acceptors (Lipinski definition) is 7. The number of ether oxygens (including phenoxy) is 1. The van der Waals surface area contributed by atoms with Gasteiger partial charge in [-0.05, 0) is 38.2 Å². The summed E-state index contributed by atoms with van der Waals surface area (Å²) in [6.45, 7) is 3.21. The summed E-state index contributed by atoms with van der Waals surface area (Å²) in [4.78, 5) is 24.6. The van der Waals surface area contributed by atoms with Crippen molar-refractivity contribution in [1.82, 2.24) is 20.3 Å². The molecule has 11 heteroatoms. The number of nitrogens with zero attached hydrogens (tertiary/aromatic N) is 4. The lowest BCUT2D eigenvalue weighted by Gasteiger charge is -2.44. The topological polar surface area (TPSA) is 129 Å². The molecule has 0 bridgehead atoms. The van der Waals surface area contributed by atoms with Gasteiger partial charge in [-0.2, -0.15) is 9.46 Å². The summed E-state index contributed by atoms with van der Waals surface area (Å²) in [5.74, 6) is -0.0188. The van der Waals surface area contributed by atoms with E-state index in [1.165, 1.54) is 12.3 Å². The van der Waals surface area contributed by atoms with E-state index < -0.39 is 15.3 Å². The summed E-state index contributed by atoms with van der Waals surface area (Å²) in [5, 5.41) is 10.8. The second-order valence-corrected chi connectivity index (χ2v) is 10.7. The van der Waals surface area contributed by atoms with E-state index in [2.05, 4.69) is 19.9 Å². The molecule has 0 radical (unpaired) electrons. The highest BCUT2D eigenvalue weighted by Gasteiger charge is 2.42. The lowest BCUT2D eigenvalue weighted by Crippen LogP contribution is -2.52. The summed E-state index contributed by atoms with van der Waals surface area (Å²) in [7, 11) is -2.60. The average Bonchev–Trinajstić information content (AvgIpc) is 3.43. The molecule has 4 rings (SSSR count). The lowest BCUT2D eigenvalue weighted by molar-refractivity contribution is -0.117. The summed E-state index contributed by atoms with van der Waals surface area (Å²) < 4.78 is 29.8. The number of carbonyl (C=O) groups is 2. The van der Waals surface area contributed by atoms with Crippen LogP contribution in [0, 0.1) is 0 Å². The van der Waals surface area contributed by atoms with Crippen LogP contribution in [0.1, 0.15) is 48.7 Å². The monoisotopic (exact) mass is 449 g/mol. The number of amides is 2. The zero-order valence-corrected chi connectivity index (χ0v) is 18.3.